The summed E-state index contributed by atoms with van der Waals surface area (Å²) in [4.78, 5) is 27.5. The highest BCUT2D eigenvalue weighted by Gasteiger charge is 2.31. The molecule has 0 unspecified atom stereocenters. The fraction of sp³-hybridized carbons (Fsp3) is 0.318. The van der Waals surface area contributed by atoms with Crippen molar-refractivity contribution in [2.75, 3.05) is 30.0 Å². The van der Waals surface area contributed by atoms with Gasteiger partial charge in [0.2, 0.25) is 5.91 Å². The van der Waals surface area contributed by atoms with Crippen LogP contribution in [0.1, 0.15) is 24.3 Å². The molecule has 1 saturated heterocycles. The van der Waals surface area contributed by atoms with Gasteiger partial charge in [0.1, 0.15) is 18.0 Å². The zero-order valence-electron chi connectivity index (χ0n) is 17.6. The van der Waals surface area contributed by atoms with E-state index < -0.39 is 17.5 Å². The Bertz CT molecular complexity index is 1050. The van der Waals surface area contributed by atoms with E-state index in [1.54, 1.807) is 32.0 Å². The van der Waals surface area contributed by atoms with Crippen LogP contribution < -0.4 is 20.3 Å². The van der Waals surface area contributed by atoms with Crippen LogP contribution >= 0.6 is 11.3 Å². The minimum absolute atomic E-state index is 0.281. The average molecular weight is 441 g/mol. The fourth-order valence-electron chi connectivity index (χ4n) is 3.01. The molecule has 2 aromatic rings. The zero-order valence-corrected chi connectivity index (χ0v) is 18.4. The van der Waals surface area contributed by atoms with Crippen molar-refractivity contribution in [1.82, 2.24) is 5.32 Å². The lowest BCUT2D eigenvalue weighted by atomic mass is 10.0. The smallest absolute Gasteiger partial charge is 0.399 e. The number of amides is 2. The van der Waals surface area contributed by atoms with Gasteiger partial charge in [-0.2, -0.15) is 0 Å². The van der Waals surface area contributed by atoms with Crippen LogP contribution in [0.15, 0.2) is 30.3 Å². The molecule has 0 bridgehead atoms. The number of anilines is 2. The molecule has 0 spiro atoms. The van der Waals surface area contributed by atoms with Crippen LogP contribution in [-0.4, -0.2) is 43.1 Å². The number of nitrogens with zero attached hydrogens (tertiary/aromatic N) is 1. The molecule has 1 aromatic carbocycles. The van der Waals surface area contributed by atoms with Crippen LogP contribution in [0, 0.1) is 24.7 Å². The van der Waals surface area contributed by atoms with Gasteiger partial charge in [0, 0.05) is 17.9 Å². The average Bonchev–Trinajstić information content (AvgIpc) is 3.16. The predicted molar refractivity (Wildman–Crippen MR) is 121 cm³/mol. The Hall–Kier alpha value is -3.35. The first-order valence-electron chi connectivity index (χ1n) is 9.61. The van der Waals surface area contributed by atoms with Crippen LogP contribution in [0.4, 0.5) is 16.2 Å². The van der Waals surface area contributed by atoms with Gasteiger partial charge in [-0.1, -0.05) is 17.3 Å². The van der Waals surface area contributed by atoms with E-state index in [4.69, 9.17) is 21.3 Å². The summed E-state index contributed by atoms with van der Waals surface area (Å²) < 4.78 is 10.5. The summed E-state index contributed by atoms with van der Waals surface area (Å²) in [5, 5.41) is 13.8. The van der Waals surface area contributed by atoms with Gasteiger partial charge >= 0.3 is 6.09 Å². The van der Waals surface area contributed by atoms with Crippen LogP contribution in [-0.2, 0) is 9.53 Å². The highest BCUT2D eigenvalue weighted by Crippen LogP contribution is 2.26. The molecule has 162 valence electrons. The molecule has 1 aromatic heterocycles. The third-order valence-corrected chi connectivity index (χ3v) is 5.56. The number of nitrogens with one attached hydrogen (secondary N) is 3. The number of amidine groups is 1. The van der Waals surface area contributed by atoms with Crippen LogP contribution in [0.25, 0.3) is 0 Å². The minimum Gasteiger partial charge on any atom is -0.399 e. The van der Waals surface area contributed by atoms with Crippen molar-refractivity contribution >= 4 is 40.5 Å². The van der Waals surface area contributed by atoms with E-state index in [0.29, 0.717) is 34.6 Å². The molecule has 8 nitrogen and oxygen atoms in total. The number of thiophene rings is 1. The molecule has 2 amide bonds. The lowest BCUT2D eigenvalue weighted by molar-refractivity contribution is -0.121. The molecule has 31 heavy (non-hydrogen) atoms. The molecular formula is C22H24N4O4S. The van der Waals surface area contributed by atoms with Crippen molar-refractivity contribution in [3.8, 4) is 17.4 Å². The largest absolute Gasteiger partial charge is 0.414 e. The molecule has 9 heteroatoms. The quantitative estimate of drug-likeness (QED) is 0.619. The van der Waals surface area contributed by atoms with Crippen molar-refractivity contribution in [3.63, 3.8) is 0 Å². The van der Waals surface area contributed by atoms with Gasteiger partial charge in [0.15, 0.2) is 5.06 Å². The highest BCUT2D eigenvalue weighted by atomic mass is 32.1. The molecule has 0 atom stereocenters. The van der Waals surface area contributed by atoms with Gasteiger partial charge in [-0.25, -0.2) is 4.79 Å². The SMILES string of the molecule is C#Cc1ccc(OC(=O)NC(C)(C)C(=O)Nc2ccc(N3CCOCC3=N)c(C)c2)s1. The van der Waals surface area contributed by atoms with Gasteiger partial charge in [-0.05, 0) is 56.7 Å². The number of terminal acetylenes is 1. The summed E-state index contributed by atoms with van der Waals surface area (Å²) in [6.07, 6.45) is 4.56. The molecule has 3 rings (SSSR count). The summed E-state index contributed by atoms with van der Waals surface area (Å²) in [7, 11) is 0. The normalized spacial score (nSPS) is 14.0. The van der Waals surface area contributed by atoms with E-state index in [1.807, 2.05) is 24.0 Å². The summed E-state index contributed by atoms with van der Waals surface area (Å²) in [6.45, 7) is 6.54. The Morgan fingerprint density at radius 2 is 2.10 bits per heavy atom. The first kappa shape index (κ1) is 22.3. The van der Waals surface area contributed by atoms with Crippen molar-refractivity contribution < 1.29 is 19.1 Å². The van der Waals surface area contributed by atoms with Crippen LogP contribution in [0.2, 0.25) is 0 Å². The molecule has 1 aliphatic rings. The second kappa shape index (κ2) is 9.20. The van der Waals surface area contributed by atoms with Gasteiger partial charge in [0.05, 0.1) is 11.5 Å². The molecule has 0 saturated carbocycles. The number of benzene rings is 1. The molecule has 1 aliphatic heterocycles. The van der Waals surface area contributed by atoms with E-state index in [2.05, 4.69) is 16.6 Å². The first-order valence-corrected chi connectivity index (χ1v) is 10.4. The maximum Gasteiger partial charge on any atom is 0.414 e. The zero-order chi connectivity index (χ0) is 22.6. The number of carbonyl (C=O) groups excluding carboxylic acids is 2. The summed E-state index contributed by atoms with van der Waals surface area (Å²) in [5.74, 6) is 2.47. The second-order valence-electron chi connectivity index (χ2n) is 7.51. The van der Waals surface area contributed by atoms with E-state index in [0.717, 1.165) is 11.3 Å². The molecule has 2 heterocycles. The van der Waals surface area contributed by atoms with Crippen molar-refractivity contribution in [2.45, 2.75) is 26.3 Å². The van der Waals surface area contributed by atoms with E-state index in [-0.39, 0.29) is 6.61 Å². The maximum absolute atomic E-state index is 12.8. The van der Waals surface area contributed by atoms with Gasteiger partial charge < -0.3 is 25.0 Å². The minimum atomic E-state index is -1.22. The number of aryl methyl sites for hydroxylation is 1. The lowest BCUT2D eigenvalue weighted by Crippen LogP contribution is -2.53. The Balaban J connectivity index is 1.62. The number of ether oxygens (including phenoxy) is 2. The number of rotatable bonds is 5. The van der Waals surface area contributed by atoms with E-state index >= 15 is 0 Å². The first-order chi connectivity index (χ1) is 14.7. The molecular weight excluding hydrogens is 416 g/mol. The Labute approximate surface area is 185 Å². The Morgan fingerprint density at radius 3 is 2.74 bits per heavy atom. The monoisotopic (exact) mass is 440 g/mol. The van der Waals surface area contributed by atoms with Crippen LogP contribution in [0.5, 0.6) is 5.06 Å². The Kier molecular flexibility index (Phi) is 6.63. The van der Waals surface area contributed by atoms with Crippen LogP contribution in [0.3, 0.4) is 0 Å². The molecule has 0 aliphatic carbocycles. The summed E-state index contributed by atoms with van der Waals surface area (Å²) in [5.41, 5.74) is 1.18. The van der Waals surface area contributed by atoms with Gasteiger partial charge in [-0.15, -0.1) is 6.42 Å². The Morgan fingerprint density at radius 1 is 1.32 bits per heavy atom. The predicted octanol–water partition coefficient (Wildman–Crippen LogP) is 3.36. The van der Waals surface area contributed by atoms with Gasteiger partial charge in [-0.3, -0.25) is 10.2 Å². The van der Waals surface area contributed by atoms with Crippen molar-refractivity contribution in [3.05, 3.63) is 40.8 Å². The molecule has 3 N–H and O–H groups in total. The number of carbonyl (C=O) groups is 2. The van der Waals surface area contributed by atoms with Gasteiger partial charge in [0.25, 0.3) is 0 Å². The van der Waals surface area contributed by atoms with E-state index in [9.17, 15) is 9.59 Å². The van der Waals surface area contributed by atoms with Crippen molar-refractivity contribution in [2.24, 2.45) is 0 Å². The third kappa shape index (κ3) is 5.42. The molecule has 1 fully saturated rings. The standard InChI is InChI=1S/C22H24N4O4S/c1-5-16-7-9-19(31-16)30-21(28)25-22(3,4)20(27)24-15-6-8-17(14(2)12-15)26-10-11-29-13-18(26)23/h1,6-9,12,23H,10-11,13H2,2-4H3,(H,24,27)(H,25,28). The number of hydrogen-bond acceptors (Lipinski definition) is 6. The summed E-state index contributed by atoms with van der Waals surface area (Å²) >= 11 is 1.17. The fourth-order valence-corrected chi connectivity index (χ4v) is 3.67. The summed E-state index contributed by atoms with van der Waals surface area (Å²) in [6, 6.07) is 8.74. The second-order valence-corrected chi connectivity index (χ2v) is 8.56. The molecule has 0 radical (unpaired) electrons. The third-order valence-electron chi connectivity index (χ3n) is 4.67. The topological polar surface area (TPSA) is 104 Å². The van der Waals surface area contributed by atoms with Crippen molar-refractivity contribution in [1.29, 1.82) is 5.41 Å². The lowest BCUT2D eigenvalue weighted by Gasteiger charge is -2.31. The number of hydrogen-bond donors (Lipinski definition) is 3. The highest BCUT2D eigenvalue weighted by molar-refractivity contribution is 7.14. The maximum atomic E-state index is 12.8. The number of morpholine rings is 1. The van der Waals surface area contributed by atoms with E-state index in [1.165, 1.54) is 11.3 Å².